The lowest BCUT2D eigenvalue weighted by Crippen LogP contribution is -2.54. The predicted molar refractivity (Wildman–Crippen MR) is 147 cm³/mol. The Morgan fingerprint density at radius 3 is 1.98 bits per heavy atom. The van der Waals surface area contributed by atoms with Crippen molar-refractivity contribution in [2.45, 2.75) is 24.2 Å². The minimum atomic E-state index is -5.19. The standard InChI is InChI=1S/C27H34N3O3S.C2HF3O2/c1-30(2)16-14-29(15-17-30)21-23-7-5-9-25(19-23)24-8-4-6-22(18-24)20-28-34(31,32)27-12-10-26(33-3)11-13-27;3-2(4,5)1(6)7/h4-13,18-19,28H,14-17,20-21H2,1-3H3;(H,6,7)/q+1;/p-1. The van der Waals surface area contributed by atoms with Crippen molar-refractivity contribution in [3.05, 3.63) is 83.9 Å². The highest BCUT2D eigenvalue weighted by Crippen LogP contribution is 2.23. The number of benzene rings is 3. The summed E-state index contributed by atoms with van der Waals surface area (Å²) in [5, 5.41) is 8.78. The molecule has 0 unspecified atom stereocenters. The molecule has 1 aliphatic heterocycles. The topological polar surface area (TPSA) is 98.8 Å². The molecule has 0 saturated carbocycles. The van der Waals surface area contributed by atoms with Gasteiger partial charge in [-0.15, -0.1) is 0 Å². The summed E-state index contributed by atoms with van der Waals surface area (Å²) in [6.07, 6.45) is -5.19. The Balaban J connectivity index is 0.000000587. The highest BCUT2D eigenvalue weighted by molar-refractivity contribution is 7.89. The van der Waals surface area contributed by atoms with E-state index in [9.17, 15) is 21.6 Å². The van der Waals surface area contributed by atoms with E-state index in [1.54, 1.807) is 31.4 Å². The van der Waals surface area contributed by atoms with Gasteiger partial charge in [0.1, 0.15) is 11.7 Å². The molecule has 1 saturated heterocycles. The number of aliphatic carboxylic acids is 1. The van der Waals surface area contributed by atoms with E-state index in [-0.39, 0.29) is 11.4 Å². The highest BCUT2D eigenvalue weighted by atomic mass is 32.2. The van der Waals surface area contributed by atoms with E-state index in [2.05, 4.69) is 60.1 Å². The summed E-state index contributed by atoms with van der Waals surface area (Å²) in [7, 11) is 2.54. The van der Waals surface area contributed by atoms with Crippen molar-refractivity contribution in [2.75, 3.05) is 47.4 Å². The lowest BCUT2D eigenvalue weighted by Gasteiger charge is -2.39. The van der Waals surface area contributed by atoms with E-state index in [1.165, 1.54) is 18.7 Å². The molecule has 0 radical (unpaired) electrons. The number of methoxy groups -OCH3 is 1. The third kappa shape index (κ3) is 9.85. The van der Waals surface area contributed by atoms with Gasteiger partial charge in [-0.05, 0) is 58.7 Å². The van der Waals surface area contributed by atoms with Crippen LogP contribution in [0.25, 0.3) is 11.1 Å². The van der Waals surface area contributed by atoms with Gasteiger partial charge in [-0.25, -0.2) is 13.1 Å². The first kappa shape index (κ1) is 32.1. The van der Waals surface area contributed by atoms with Gasteiger partial charge < -0.3 is 19.1 Å². The molecule has 0 aliphatic carbocycles. The number of hydrogen-bond acceptors (Lipinski definition) is 6. The number of piperazine rings is 1. The maximum Gasteiger partial charge on any atom is 0.430 e. The smallest absolute Gasteiger partial charge is 0.430 e. The molecule has 222 valence electrons. The van der Waals surface area contributed by atoms with E-state index in [1.807, 2.05) is 12.1 Å². The number of rotatable bonds is 8. The van der Waals surface area contributed by atoms with Gasteiger partial charge in [-0.1, -0.05) is 36.4 Å². The molecule has 1 fully saturated rings. The zero-order valence-electron chi connectivity index (χ0n) is 23.1. The fourth-order valence-corrected chi connectivity index (χ4v) is 5.21. The van der Waals surface area contributed by atoms with Crippen LogP contribution in [0, 0.1) is 0 Å². The van der Waals surface area contributed by atoms with Crippen LogP contribution >= 0.6 is 0 Å². The lowest BCUT2D eigenvalue weighted by molar-refractivity contribution is -0.894. The van der Waals surface area contributed by atoms with Gasteiger partial charge in [-0.2, -0.15) is 13.2 Å². The molecule has 3 aromatic carbocycles. The summed E-state index contributed by atoms with van der Waals surface area (Å²) in [5.74, 6) is -2.38. The number of nitrogens with zero attached hydrogens (tertiary/aromatic N) is 2. The van der Waals surface area contributed by atoms with Crippen molar-refractivity contribution in [2.24, 2.45) is 0 Å². The van der Waals surface area contributed by atoms with E-state index in [4.69, 9.17) is 14.6 Å². The Kier molecular flexibility index (Phi) is 10.5. The molecule has 0 atom stereocenters. The quantitative estimate of drug-likeness (QED) is 0.404. The molecule has 0 spiro atoms. The van der Waals surface area contributed by atoms with E-state index in [0.717, 1.165) is 40.8 Å². The van der Waals surface area contributed by atoms with E-state index in [0.29, 0.717) is 5.75 Å². The van der Waals surface area contributed by atoms with Crippen LogP contribution < -0.4 is 14.6 Å². The minimum absolute atomic E-state index is 0.219. The Morgan fingerprint density at radius 2 is 1.46 bits per heavy atom. The van der Waals surface area contributed by atoms with Gasteiger partial charge in [0.2, 0.25) is 10.0 Å². The number of hydrogen-bond donors (Lipinski definition) is 1. The first-order chi connectivity index (χ1) is 19.2. The van der Waals surface area contributed by atoms with E-state index < -0.39 is 22.2 Å². The number of sulfonamides is 1. The largest absolute Gasteiger partial charge is 0.542 e. The number of quaternary nitrogens is 1. The number of halogens is 3. The zero-order chi connectivity index (χ0) is 30.3. The normalized spacial score (nSPS) is 15.5. The Bertz CT molecular complexity index is 1420. The summed E-state index contributed by atoms with van der Waals surface area (Å²) in [4.78, 5) is 11.5. The van der Waals surface area contributed by atoms with Gasteiger partial charge >= 0.3 is 6.18 Å². The van der Waals surface area contributed by atoms with Crippen molar-refractivity contribution in [3.63, 3.8) is 0 Å². The minimum Gasteiger partial charge on any atom is -0.542 e. The number of alkyl halides is 3. The first-order valence-electron chi connectivity index (χ1n) is 12.8. The van der Waals surface area contributed by atoms with Gasteiger partial charge in [0.25, 0.3) is 0 Å². The predicted octanol–water partition coefficient (Wildman–Crippen LogP) is 3.03. The van der Waals surface area contributed by atoms with Gasteiger partial charge in [0.05, 0.1) is 39.2 Å². The van der Waals surface area contributed by atoms with Crippen LogP contribution in [0.5, 0.6) is 5.75 Å². The van der Waals surface area contributed by atoms with Crippen molar-refractivity contribution < 1.29 is 40.7 Å². The van der Waals surface area contributed by atoms with Crippen molar-refractivity contribution in [3.8, 4) is 16.9 Å². The number of carbonyl (C=O) groups is 1. The maximum absolute atomic E-state index is 12.7. The zero-order valence-corrected chi connectivity index (χ0v) is 24.0. The van der Waals surface area contributed by atoms with Crippen LogP contribution in [-0.2, 0) is 27.9 Å². The summed E-state index contributed by atoms with van der Waals surface area (Å²) in [6, 6.07) is 23.1. The molecular weight excluding hydrogens is 559 g/mol. The van der Waals surface area contributed by atoms with Crippen molar-refractivity contribution in [1.82, 2.24) is 9.62 Å². The molecule has 41 heavy (non-hydrogen) atoms. The molecule has 1 N–H and O–H groups in total. The Labute approximate surface area is 238 Å². The van der Waals surface area contributed by atoms with Crippen LogP contribution in [0.15, 0.2) is 77.7 Å². The van der Waals surface area contributed by atoms with Gasteiger partial charge in [0.15, 0.2) is 0 Å². The summed E-state index contributed by atoms with van der Waals surface area (Å²) in [6.45, 7) is 5.75. The van der Waals surface area contributed by atoms with Crippen LogP contribution in [0.2, 0.25) is 0 Å². The van der Waals surface area contributed by atoms with Crippen LogP contribution in [0.1, 0.15) is 11.1 Å². The molecule has 8 nitrogen and oxygen atoms in total. The average Bonchev–Trinajstić information content (AvgIpc) is 2.93. The van der Waals surface area contributed by atoms with Gasteiger partial charge in [0, 0.05) is 26.2 Å². The second-order valence-electron chi connectivity index (χ2n) is 10.3. The summed E-state index contributed by atoms with van der Waals surface area (Å²) >= 11 is 0. The number of carboxylic acid groups (broad SMARTS) is 1. The molecule has 0 bridgehead atoms. The van der Waals surface area contributed by atoms with Crippen LogP contribution in [0.3, 0.4) is 0 Å². The third-order valence-corrected chi connectivity index (χ3v) is 8.12. The Hall–Kier alpha value is -3.45. The molecule has 0 amide bonds. The SMILES string of the molecule is COc1ccc(S(=O)(=O)NCc2cccc(-c3cccc(CN4CC[N+](C)(C)CC4)c3)c2)cc1.O=C([O-])C(F)(F)F. The number of nitrogens with one attached hydrogen (secondary N) is 1. The molecule has 3 aromatic rings. The fraction of sp³-hybridized carbons (Fsp3) is 0.345. The third-order valence-electron chi connectivity index (χ3n) is 6.70. The molecule has 4 rings (SSSR count). The first-order valence-corrected chi connectivity index (χ1v) is 14.3. The number of carboxylic acids is 1. The van der Waals surface area contributed by atoms with Crippen LogP contribution in [-0.4, -0.2) is 77.3 Å². The molecule has 1 heterocycles. The Morgan fingerprint density at radius 1 is 0.951 bits per heavy atom. The van der Waals surface area contributed by atoms with Crippen molar-refractivity contribution >= 4 is 16.0 Å². The second-order valence-corrected chi connectivity index (χ2v) is 12.1. The number of ether oxygens (including phenoxy) is 1. The van der Waals surface area contributed by atoms with E-state index >= 15 is 0 Å². The fourth-order valence-electron chi connectivity index (χ4n) is 4.19. The number of likely N-dealkylation sites (N-methyl/N-ethyl adjacent to an activating group) is 1. The lowest BCUT2D eigenvalue weighted by atomic mass is 10.0. The molecular formula is C29H34F3N3O5S. The monoisotopic (exact) mass is 593 g/mol. The highest BCUT2D eigenvalue weighted by Gasteiger charge is 2.29. The molecule has 1 aliphatic rings. The van der Waals surface area contributed by atoms with Crippen LogP contribution in [0.4, 0.5) is 13.2 Å². The number of carbonyl (C=O) groups excluding carboxylic acids is 1. The maximum atomic E-state index is 12.7. The molecule has 12 heteroatoms. The summed E-state index contributed by atoms with van der Waals surface area (Å²) in [5.41, 5.74) is 4.44. The second kappa shape index (κ2) is 13.5. The van der Waals surface area contributed by atoms with Crippen molar-refractivity contribution in [1.29, 1.82) is 0 Å². The summed E-state index contributed by atoms with van der Waals surface area (Å²) < 4.78 is 65.8. The molecule has 0 aromatic heterocycles. The average molecular weight is 594 g/mol. The van der Waals surface area contributed by atoms with Gasteiger partial charge in [-0.3, -0.25) is 4.90 Å².